The Morgan fingerprint density at radius 2 is 2.00 bits per heavy atom. The van der Waals surface area contributed by atoms with Gasteiger partial charge in [0.25, 0.3) is 5.89 Å². The van der Waals surface area contributed by atoms with Crippen molar-refractivity contribution in [2.24, 2.45) is 0 Å². The molecule has 1 aromatic heterocycles. The maximum atomic E-state index is 8.92. The first-order valence-corrected chi connectivity index (χ1v) is 7.12. The number of aromatic nitrogens is 2. The summed E-state index contributed by atoms with van der Waals surface area (Å²) in [5.41, 5.74) is 2.41. The molecule has 0 spiro atoms. The molecule has 0 aliphatic rings. The number of nitrogens with zero attached hydrogens (tertiary/aromatic N) is 3. The van der Waals surface area contributed by atoms with Crippen LogP contribution in [0.1, 0.15) is 17.0 Å². The number of benzene rings is 2. The zero-order valence-electron chi connectivity index (χ0n) is 11.0. The van der Waals surface area contributed by atoms with Gasteiger partial charge < -0.3 is 4.52 Å². The predicted octanol–water partition coefficient (Wildman–Crippen LogP) is 3.96. The Kier molecular flexibility index (Phi) is 3.80. The number of hydrogen-bond donors (Lipinski definition) is 0. The Hall–Kier alpha value is -2.45. The Labute approximate surface area is 130 Å². The molecule has 0 amide bonds. The molecule has 0 bridgehead atoms. The van der Waals surface area contributed by atoms with E-state index in [0.717, 1.165) is 15.6 Å². The van der Waals surface area contributed by atoms with Crippen molar-refractivity contribution >= 4 is 15.9 Å². The number of hydrogen-bond acceptors (Lipinski definition) is 4. The van der Waals surface area contributed by atoms with Crippen molar-refractivity contribution in [3.8, 4) is 17.5 Å². The summed E-state index contributed by atoms with van der Waals surface area (Å²) in [4.78, 5) is 4.38. The molecule has 0 fully saturated rings. The van der Waals surface area contributed by atoms with Gasteiger partial charge in [0.1, 0.15) is 0 Å². The molecule has 0 N–H and O–H groups in total. The van der Waals surface area contributed by atoms with Gasteiger partial charge in [0, 0.05) is 16.5 Å². The largest absolute Gasteiger partial charge is 0.334 e. The SMILES string of the molecule is N#Cc1cccc(-c2nc(Cc3ccccc3Br)no2)c1. The van der Waals surface area contributed by atoms with Crippen molar-refractivity contribution in [1.82, 2.24) is 10.1 Å². The number of rotatable bonds is 3. The Bertz CT molecular complexity index is 820. The third kappa shape index (κ3) is 3.01. The van der Waals surface area contributed by atoms with Gasteiger partial charge in [0.2, 0.25) is 0 Å². The molecule has 1 heterocycles. The van der Waals surface area contributed by atoms with Crippen LogP contribution >= 0.6 is 15.9 Å². The van der Waals surface area contributed by atoms with Gasteiger partial charge in [-0.1, -0.05) is 45.4 Å². The van der Waals surface area contributed by atoms with Crippen LogP contribution in [-0.2, 0) is 6.42 Å². The minimum atomic E-state index is 0.425. The van der Waals surface area contributed by atoms with E-state index in [1.54, 1.807) is 18.2 Å². The van der Waals surface area contributed by atoms with Crippen molar-refractivity contribution in [2.45, 2.75) is 6.42 Å². The van der Waals surface area contributed by atoms with Crippen molar-refractivity contribution < 1.29 is 4.52 Å². The lowest BCUT2D eigenvalue weighted by atomic mass is 10.1. The lowest BCUT2D eigenvalue weighted by Gasteiger charge is -1.99. The molecule has 0 aliphatic carbocycles. The van der Waals surface area contributed by atoms with Crippen molar-refractivity contribution in [3.63, 3.8) is 0 Å². The fourth-order valence-electron chi connectivity index (χ4n) is 1.98. The minimum Gasteiger partial charge on any atom is -0.334 e. The summed E-state index contributed by atoms with van der Waals surface area (Å²) >= 11 is 3.50. The topological polar surface area (TPSA) is 62.7 Å². The van der Waals surface area contributed by atoms with E-state index < -0.39 is 0 Å². The highest BCUT2D eigenvalue weighted by Crippen LogP contribution is 2.21. The second-order valence-corrected chi connectivity index (χ2v) is 5.33. The van der Waals surface area contributed by atoms with Crippen LogP contribution in [0.5, 0.6) is 0 Å². The molecule has 0 atom stereocenters. The summed E-state index contributed by atoms with van der Waals surface area (Å²) in [6.45, 7) is 0. The average Bonchev–Trinajstić information content (AvgIpc) is 2.98. The maximum absolute atomic E-state index is 8.92. The van der Waals surface area contributed by atoms with E-state index in [-0.39, 0.29) is 0 Å². The van der Waals surface area contributed by atoms with Gasteiger partial charge in [-0.2, -0.15) is 10.2 Å². The highest BCUT2D eigenvalue weighted by Gasteiger charge is 2.11. The van der Waals surface area contributed by atoms with Crippen LogP contribution in [0.3, 0.4) is 0 Å². The summed E-state index contributed by atoms with van der Waals surface area (Å²) in [5.74, 6) is 1.04. The van der Waals surface area contributed by atoms with Gasteiger partial charge in [0.15, 0.2) is 5.82 Å². The van der Waals surface area contributed by atoms with Gasteiger partial charge in [-0.05, 0) is 29.8 Å². The van der Waals surface area contributed by atoms with Crippen LogP contribution in [0, 0.1) is 11.3 Å². The van der Waals surface area contributed by atoms with E-state index in [4.69, 9.17) is 9.78 Å². The van der Waals surface area contributed by atoms with Gasteiger partial charge in [-0.3, -0.25) is 0 Å². The van der Waals surface area contributed by atoms with E-state index in [9.17, 15) is 0 Å². The molecule has 0 unspecified atom stereocenters. The van der Waals surface area contributed by atoms with Crippen molar-refractivity contribution in [3.05, 3.63) is 70.0 Å². The molecule has 21 heavy (non-hydrogen) atoms. The normalized spacial score (nSPS) is 10.3. The van der Waals surface area contributed by atoms with Gasteiger partial charge in [-0.25, -0.2) is 0 Å². The molecule has 2 aromatic carbocycles. The Morgan fingerprint density at radius 1 is 1.14 bits per heavy atom. The predicted molar refractivity (Wildman–Crippen MR) is 81.4 cm³/mol. The highest BCUT2D eigenvalue weighted by atomic mass is 79.9. The monoisotopic (exact) mass is 339 g/mol. The van der Waals surface area contributed by atoms with Gasteiger partial charge >= 0.3 is 0 Å². The third-order valence-electron chi connectivity index (χ3n) is 3.01. The van der Waals surface area contributed by atoms with E-state index in [1.165, 1.54) is 0 Å². The smallest absolute Gasteiger partial charge is 0.257 e. The lowest BCUT2D eigenvalue weighted by molar-refractivity contribution is 0.424. The summed E-state index contributed by atoms with van der Waals surface area (Å²) in [6.07, 6.45) is 0.586. The van der Waals surface area contributed by atoms with Crippen LogP contribution in [0.25, 0.3) is 11.5 Å². The summed E-state index contributed by atoms with van der Waals surface area (Å²) in [5, 5.41) is 12.9. The van der Waals surface area contributed by atoms with Crippen LogP contribution < -0.4 is 0 Å². The number of nitriles is 1. The second-order valence-electron chi connectivity index (χ2n) is 4.48. The van der Waals surface area contributed by atoms with Crippen LogP contribution in [-0.4, -0.2) is 10.1 Å². The minimum absolute atomic E-state index is 0.425. The molecule has 0 saturated heterocycles. The van der Waals surface area contributed by atoms with Crippen molar-refractivity contribution in [1.29, 1.82) is 5.26 Å². The molecule has 3 rings (SSSR count). The maximum Gasteiger partial charge on any atom is 0.257 e. The molecule has 102 valence electrons. The van der Waals surface area contributed by atoms with Gasteiger partial charge in [0.05, 0.1) is 11.6 Å². The van der Waals surface area contributed by atoms with Crippen LogP contribution in [0.15, 0.2) is 57.5 Å². The zero-order chi connectivity index (χ0) is 14.7. The number of halogens is 1. The standard InChI is InChI=1S/C16H10BrN3O/c17-14-7-2-1-5-12(14)9-15-19-16(21-20-15)13-6-3-4-11(8-13)10-18/h1-8H,9H2. The van der Waals surface area contributed by atoms with Crippen LogP contribution in [0.2, 0.25) is 0 Å². The van der Waals surface area contributed by atoms with E-state index in [1.807, 2.05) is 30.3 Å². The van der Waals surface area contributed by atoms with Gasteiger partial charge in [-0.15, -0.1) is 0 Å². The Morgan fingerprint density at radius 3 is 2.81 bits per heavy atom. The van der Waals surface area contributed by atoms with Crippen molar-refractivity contribution in [2.75, 3.05) is 0 Å². The molecule has 0 aliphatic heterocycles. The fraction of sp³-hybridized carbons (Fsp3) is 0.0625. The van der Waals surface area contributed by atoms with E-state index >= 15 is 0 Å². The first-order chi connectivity index (χ1) is 10.3. The second kappa shape index (κ2) is 5.90. The quantitative estimate of drug-likeness (QED) is 0.724. The van der Waals surface area contributed by atoms with Crippen LogP contribution in [0.4, 0.5) is 0 Å². The first-order valence-electron chi connectivity index (χ1n) is 6.33. The zero-order valence-corrected chi connectivity index (χ0v) is 12.5. The van der Waals surface area contributed by atoms with E-state index in [2.05, 4.69) is 32.1 Å². The molecule has 4 nitrogen and oxygen atoms in total. The van der Waals surface area contributed by atoms with E-state index in [0.29, 0.717) is 23.7 Å². The third-order valence-corrected chi connectivity index (χ3v) is 3.79. The summed E-state index contributed by atoms with van der Waals surface area (Å²) < 4.78 is 6.29. The molecule has 0 saturated carbocycles. The molecular formula is C16H10BrN3O. The summed E-state index contributed by atoms with van der Waals surface area (Å²) in [6, 6.07) is 17.1. The summed E-state index contributed by atoms with van der Waals surface area (Å²) in [7, 11) is 0. The fourth-order valence-corrected chi connectivity index (χ4v) is 2.40. The molecule has 0 radical (unpaired) electrons. The Balaban J connectivity index is 1.87. The molecular weight excluding hydrogens is 330 g/mol. The average molecular weight is 340 g/mol. The lowest BCUT2D eigenvalue weighted by Crippen LogP contribution is -1.91. The molecule has 5 heteroatoms. The molecule has 3 aromatic rings. The highest BCUT2D eigenvalue weighted by molar-refractivity contribution is 9.10. The first kappa shape index (κ1) is 13.5.